The van der Waals surface area contributed by atoms with E-state index in [2.05, 4.69) is 22.8 Å². The first-order chi connectivity index (χ1) is 19.2. The maximum Gasteiger partial charge on any atom is 0.410 e. The topological polar surface area (TPSA) is 106 Å². The van der Waals surface area contributed by atoms with Gasteiger partial charge in [0.1, 0.15) is 18.0 Å². The average Bonchev–Trinajstić information content (AvgIpc) is 3.52. The highest BCUT2D eigenvalue weighted by atomic mass is 16.6. The number of imidazole rings is 1. The Balaban J connectivity index is 1.16. The summed E-state index contributed by atoms with van der Waals surface area (Å²) < 4.78 is 7.38. The average molecular weight is 546 g/mol. The molecule has 1 saturated heterocycles. The zero-order valence-electron chi connectivity index (χ0n) is 23.7. The first kappa shape index (κ1) is 27.7. The smallest absolute Gasteiger partial charge is 0.410 e. The van der Waals surface area contributed by atoms with Gasteiger partial charge in [0.25, 0.3) is 0 Å². The minimum atomic E-state index is -0.538. The van der Waals surface area contributed by atoms with Gasteiger partial charge in [-0.1, -0.05) is 18.2 Å². The van der Waals surface area contributed by atoms with Gasteiger partial charge in [-0.2, -0.15) is 0 Å². The number of amides is 3. The van der Waals surface area contributed by atoms with E-state index in [0.717, 1.165) is 35.4 Å². The van der Waals surface area contributed by atoms with Gasteiger partial charge in [-0.15, -0.1) is 0 Å². The molecule has 5 rings (SSSR count). The molecule has 0 radical (unpaired) electrons. The molecule has 3 aromatic rings. The van der Waals surface area contributed by atoms with Gasteiger partial charge in [0.05, 0.1) is 11.0 Å². The molecular weight excluding hydrogens is 506 g/mol. The third-order valence-corrected chi connectivity index (χ3v) is 7.58. The van der Waals surface area contributed by atoms with Gasteiger partial charge >= 0.3 is 6.09 Å². The Morgan fingerprint density at radius 3 is 2.55 bits per heavy atom. The Kier molecular flexibility index (Phi) is 8.09. The highest BCUT2D eigenvalue weighted by Gasteiger charge is 2.30. The number of nitrogens with zero attached hydrogens (tertiary/aromatic N) is 3. The number of benzene rings is 2. The molecule has 2 aromatic carbocycles. The van der Waals surface area contributed by atoms with Gasteiger partial charge in [-0.25, -0.2) is 9.78 Å². The lowest BCUT2D eigenvalue weighted by Gasteiger charge is -2.32. The third-order valence-electron chi connectivity index (χ3n) is 7.58. The molecule has 9 nitrogen and oxygen atoms in total. The van der Waals surface area contributed by atoms with Crippen molar-refractivity contribution in [3.05, 3.63) is 59.4 Å². The quantitative estimate of drug-likeness (QED) is 0.456. The van der Waals surface area contributed by atoms with Crippen molar-refractivity contribution in [2.45, 2.75) is 71.4 Å². The Labute approximate surface area is 235 Å². The number of hydrogen-bond donors (Lipinski definition) is 2. The second-order valence-corrected chi connectivity index (χ2v) is 11.8. The second-order valence-electron chi connectivity index (χ2n) is 11.8. The van der Waals surface area contributed by atoms with Crippen LogP contribution in [0.4, 0.5) is 10.5 Å². The summed E-state index contributed by atoms with van der Waals surface area (Å²) in [5.41, 5.74) is 4.69. The Morgan fingerprint density at radius 1 is 1.02 bits per heavy atom. The summed E-state index contributed by atoms with van der Waals surface area (Å²) in [6.07, 6.45) is 4.71. The van der Waals surface area contributed by atoms with E-state index >= 15 is 0 Å². The predicted octanol–water partition coefficient (Wildman–Crippen LogP) is 4.47. The van der Waals surface area contributed by atoms with E-state index in [1.807, 2.05) is 55.7 Å². The van der Waals surface area contributed by atoms with Crippen LogP contribution < -0.4 is 10.6 Å². The van der Waals surface area contributed by atoms with Crippen molar-refractivity contribution in [1.82, 2.24) is 19.8 Å². The Morgan fingerprint density at radius 2 is 1.77 bits per heavy atom. The van der Waals surface area contributed by atoms with Crippen molar-refractivity contribution in [1.29, 1.82) is 0 Å². The molecule has 1 aliphatic heterocycles. The number of carbonyl (C=O) groups is 3. The van der Waals surface area contributed by atoms with E-state index in [9.17, 15) is 14.4 Å². The lowest BCUT2D eigenvalue weighted by molar-refractivity contribution is -0.126. The highest BCUT2D eigenvalue weighted by Crippen LogP contribution is 2.25. The fraction of sp³-hybridized carbons (Fsp3) is 0.484. The lowest BCUT2D eigenvalue weighted by Crippen LogP contribution is -2.45. The summed E-state index contributed by atoms with van der Waals surface area (Å²) in [4.78, 5) is 44.7. The molecule has 3 amide bonds. The normalized spacial score (nSPS) is 15.6. The van der Waals surface area contributed by atoms with Crippen molar-refractivity contribution in [3.8, 4) is 0 Å². The lowest BCUT2D eigenvalue weighted by atomic mass is 9.96. The number of fused-ring (bicyclic) bond motifs is 2. The molecule has 0 unspecified atom stereocenters. The molecule has 212 valence electrons. The molecular formula is C31H39N5O4. The number of ether oxygens (including phenoxy) is 1. The molecule has 1 fully saturated rings. The van der Waals surface area contributed by atoms with E-state index in [4.69, 9.17) is 9.72 Å². The minimum Gasteiger partial charge on any atom is -0.444 e. The van der Waals surface area contributed by atoms with E-state index in [1.54, 1.807) is 4.90 Å². The van der Waals surface area contributed by atoms with Crippen molar-refractivity contribution < 1.29 is 19.1 Å². The number of aryl methyl sites for hydroxylation is 2. The van der Waals surface area contributed by atoms with Crippen molar-refractivity contribution in [2.75, 3.05) is 25.0 Å². The number of anilines is 1. The van der Waals surface area contributed by atoms with Crippen LogP contribution in [0.2, 0.25) is 0 Å². The van der Waals surface area contributed by atoms with Crippen LogP contribution in [0.3, 0.4) is 0 Å². The minimum absolute atomic E-state index is 0.0131. The van der Waals surface area contributed by atoms with Gasteiger partial charge in [0.15, 0.2) is 0 Å². The summed E-state index contributed by atoms with van der Waals surface area (Å²) >= 11 is 0. The first-order valence-corrected chi connectivity index (χ1v) is 14.3. The van der Waals surface area contributed by atoms with Gasteiger partial charge in [-0.05, 0) is 88.3 Å². The SMILES string of the molecule is CC(C)(C)OC(=O)N1CCC(C(=O)NCCc2nc3ccccc3n2CC(=O)Nc2ccc3c(c2)CCC3)CC1. The van der Waals surface area contributed by atoms with Crippen LogP contribution >= 0.6 is 0 Å². The van der Waals surface area contributed by atoms with E-state index in [-0.39, 0.29) is 30.4 Å². The maximum absolute atomic E-state index is 13.0. The van der Waals surface area contributed by atoms with Crippen LogP contribution in [0.5, 0.6) is 0 Å². The molecule has 0 atom stereocenters. The van der Waals surface area contributed by atoms with Crippen molar-refractivity contribution >= 4 is 34.6 Å². The van der Waals surface area contributed by atoms with Crippen LogP contribution in [0.15, 0.2) is 42.5 Å². The van der Waals surface area contributed by atoms with Gasteiger partial charge in [0.2, 0.25) is 11.8 Å². The second kappa shape index (κ2) is 11.7. The molecule has 0 spiro atoms. The fourth-order valence-electron chi connectivity index (χ4n) is 5.58. The zero-order chi connectivity index (χ0) is 28.3. The summed E-state index contributed by atoms with van der Waals surface area (Å²) in [5.74, 6) is 0.491. The first-order valence-electron chi connectivity index (χ1n) is 14.3. The zero-order valence-corrected chi connectivity index (χ0v) is 23.7. The Bertz CT molecular complexity index is 1400. The van der Waals surface area contributed by atoms with E-state index in [0.29, 0.717) is 38.9 Å². The van der Waals surface area contributed by atoms with Crippen LogP contribution in [0.25, 0.3) is 11.0 Å². The number of hydrogen-bond acceptors (Lipinski definition) is 5. The Hall–Kier alpha value is -3.88. The fourth-order valence-corrected chi connectivity index (χ4v) is 5.58. The van der Waals surface area contributed by atoms with E-state index < -0.39 is 5.60 Å². The summed E-state index contributed by atoms with van der Waals surface area (Å²) in [5, 5.41) is 6.09. The third kappa shape index (κ3) is 6.63. The monoisotopic (exact) mass is 545 g/mol. The molecule has 2 aliphatic rings. The molecule has 1 aliphatic carbocycles. The number of rotatable bonds is 7. The highest BCUT2D eigenvalue weighted by molar-refractivity contribution is 5.92. The molecule has 1 aromatic heterocycles. The molecule has 40 heavy (non-hydrogen) atoms. The summed E-state index contributed by atoms with van der Waals surface area (Å²) in [7, 11) is 0. The molecule has 0 saturated carbocycles. The van der Waals surface area contributed by atoms with Crippen molar-refractivity contribution in [3.63, 3.8) is 0 Å². The molecule has 2 heterocycles. The van der Waals surface area contributed by atoms with Gasteiger partial charge < -0.3 is 24.8 Å². The number of carbonyl (C=O) groups excluding carboxylic acids is 3. The predicted molar refractivity (Wildman–Crippen MR) is 154 cm³/mol. The van der Waals surface area contributed by atoms with Crippen LogP contribution in [-0.4, -0.2) is 57.6 Å². The maximum atomic E-state index is 13.0. The number of para-hydroxylation sites is 2. The van der Waals surface area contributed by atoms with Crippen LogP contribution in [0, 0.1) is 5.92 Å². The summed E-state index contributed by atoms with van der Waals surface area (Å²) in [6.45, 7) is 7.11. The molecule has 0 bridgehead atoms. The van der Waals surface area contributed by atoms with Crippen molar-refractivity contribution in [2.24, 2.45) is 5.92 Å². The van der Waals surface area contributed by atoms with Crippen LogP contribution in [-0.2, 0) is 40.1 Å². The van der Waals surface area contributed by atoms with Gasteiger partial charge in [-0.3, -0.25) is 9.59 Å². The molecule has 2 N–H and O–H groups in total. The number of likely N-dealkylation sites (tertiary alicyclic amines) is 1. The largest absolute Gasteiger partial charge is 0.444 e. The van der Waals surface area contributed by atoms with Gasteiger partial charge in [0, 0.05) is 37.7 Å². The number of nitrogens with one attached hydrogen (secondary N) is 2. The standard InChI is InChI=1S/C31H39N5O4/c1-31(2,3)40-30(39)35-17-14-22(15-18-35)29(38)32-16-13-27-34-25-9-4-5-10-26(25)36(27)20-28(37)33-24-12-11-21-7-6-8-23(21)19-24/h4-5,9-12,19,22H,6-8,13-18,20H2,1-3H3,(H,32,38)(H,33,37). The number of aromatic nitrogens is 2. The number of piperidine rings is 1. The van der Waals surface area contributed by atoms with E-state index in [1.165, 1.54) is 17.5 Å². The molecule has 9 heteroatoms. The summed E-state index contributed by atoms with van der Waals surface area (Å²) in [6, 6.07) is 13.9. The van der Waals surface area contributed by atoms with Crippen LogP contribution in [0.1, 0.15) is 57.0 Å².